The molecule has 2 amide bonds. The van der Waals surface area contributed by atoms with Crippen LogP contribution in [0.5, 0.6) is 0 Å². The van der Waals surface area contributed by atoms with Gasteiger partial charge in [0.05, 0.1) is 28.9 Å². The molecule has 0 N–H and O–H groups in total. The van der Waals surface area contributed by atoms with E-state index >= 15 is 0 Å². The van der Waals surface area contributed by atoms with Gasteiger partial charge >= 0.3 is 11.7 Å². The molecular weight excluding hydrogens is 657 g/mol. The molecule has 1 saturated heterocycles. The third-order valence-electron chi connectivity index (χ3n) is 8.16. The molecule has 0 spiro atoms. The summed E-state index contributed by atoms with van der Waals surface area (Å²) >= 11 is 0.696. The lowest BCUT2D eigenvalue weighted by atomic mass is 10.1. The summed E-state index contributed by atoms with van der Waals surface area (Å²) in [6.07, 6.45) is -2.03. The number of halogens is 2. The highest BCUT2D eigenvalue weighted by Gasteiger charge is 2.61. The van der Waals surface area contributed by atoms with E-state index in [0.29, 0.717) is 73.6 Å². The van der Waals surface area contributed by atoms with E-state index in [9.17, 15) is 22.0 Å². The summed E-state index contributed by atoms with van der Waals surface area (Å²) in [5, 5.41) is 12.2. The predicted octanol–water partition coefficient (Wildman–Crippen LogP) is 4.55. The zero-order valence-corrected chi connectivity index (χ0v) is 29.5. The number of benzene rings is 1. The Kier molecular flexibility index (Phi) is 9.45. The second kappa shape index (κ2) is 12.8. The monoisotopic (exact) mass is 695 g/mol. The maximum atomic E-state index is 14.5. The summed E-state index contributed by atoms with van der Waals surface area (Å²) in [5.41, 5.74) is 0.138. The van der Waals surface area contributed by atoms with Crippen LogP contribution in [-0.4, -0.2) is 116 Å². The molecular formula is C28H39F2N9O4S2Si. The number of ether oxygens (including phenoxy) is 1. The number of piperazine rings is 1. The van der Waals surface area contributed by atoms with Crippen molar-refractivity contribution in [1.29, 1.82) is 0 Å². The van der Waals surface area contributed by atoms with E-state index in [1.54, 1.807) is 36.8 Å². The van der Waals surface area contributed by atoms with E-state index in [0.717, 1.165) is 10.3 Å². The van der Waals surface area contributed by atoms with E-state index in [1.165, 1.54) is 11.0 Å². The van der Waals surface area contributed by atoms with Crippen molar-refractivity contribution < 1.29 is 26.7 Å². The van der Waals surface area contributed by atoms with Gasteiger partial charge in [-0.05, 0) is 18.2 Å². The van der Waals surface area contributed by atoms with Crippen molar-refractivity contribution in [2.75, 3.05) is 58.5 Å². The van der Waals surface area contributed by atoms with Gasteiger partial charge in [-0.25, -0.2) is 28.6 Å². The minimum Gasteiger partial charge on any atom is -0.366 e. The van der Waals surface area contributed by atoms with E-state index in [2.05, 4.69) is 39.8 Å². The number of urea groups is 1. The summed E-state index contributed by atoms with van der Waals surface area (Å²) in [5.74, 6) is 0. The molecule has 1 aromatic carbocycles. The molecule has 0 unspecified atom stereocenters. The summed E-state index contributed by atoms with van der Waals surface area (Å²) in [6, 6.07) is 3.77. The Labute approximate surface area is 272 Å². The van der Waals surface area contributed by atoms with E-state index in [4.69, 9.17) is 11.3 Å². The Morgan fingerprint density at radius 3 is 2.39 bits per heavy atom. The van der Waals surface area contributed by atoms with Crippen LogP contribution < -0.4 is 4.90 Å². The lowest BCUT2D eigenvalue weighted by Gasteiger charge is -2.37. The predicted molar refractivity (Wildman–Crippen MR) is 174 cm³/mol. The third-order valence-corrected chi connectivity index (χ3v) is 12.7. The molecule has 46 heavy (non-hydrogen) atoms. The van der Waals surface area contributed by atoms with Crippen LogP contribution in [0.15, 0.2) is 17.0 Å². The normalized spacial score (nSPS) is 16.8. The van der Waals surface area contributed by atoms with Gasteiger partial charge in [0.1, 0.15) is 12.4 Å². The SMILES string of the molecule is [C-]#[N+]C1(N(COCC[Si](C)(C)C)S(=O)(=O)c2cc(N3CCN(C(=O)N(C)C)CC3)c3c(c2)c(-c2nnc(C(F)F)s2)nn3C)CC1. The van der Waals surface area contributed by atoms with Gasteiger partial charge in [-0.1, -0.05) is 35.3 Å². The van der Waals surface area contributed by atoms with Crippen molar-refractivity contribution in [3.05, 3.63) is 28.6 Å². The quantitative estimate of drug-likeness (QED) is 0.124. The highest BCUT2D eigenvalue weighted by atomic mass is 32.2. The molecule has 250 valence electrons. The first-order valence-corrected chi connectivity index (χ1v) is 20.9. The standard InChI is InChI=1S/C28H39F2N9O4S2Si/c1-31-28(8-9-28)39(18-43-14-15-46(5,6)7)45(41,42)19-16-20-22(25-32-33-26(44-25)24(29)30)34-36(4)23(20)21(17-19)37-10-12-38(13-11-37)27(40)35(2)3/h16-17,24H,8-15,18H2,2-7H3. The van der Waals surface area contributed by atoms with Crippen LogP contribution in [0.4, 0.5) is 19.3 Å². The van der Waals surface area contributed by atoms with Crippen LogP contribution >= 0.6 is 11.3 Å². The largest absolute Gasteiger partial charge is 0.366 e. The molecule has 2 aliphatic rings. The van der Waals surface area contributed by atoms with Crippen LogP contribution in [0.1, 0.15) is 24.3 Å². The number of rotatable bonds is 11. The molecule has 13 nitrogen and oxygen atoms in total. The number of hydrogen-bond acceptors (Lipinski definition) is 9. The fraction of sp³-hybridized carbons (Fsp3) is 0.607. The summed E-state index contributed by atoms with van der Waals surface area (Å²) in [7, 11) is -0.669. The molecule has 3 aromatic rings. The molecule has 1 aliphatic heterocycles. The zero-order valence-electron chi connectivity index (χ0n) is 26.8. The number of carbonyl (C=O) groups is 1. The number of anilines is 1. The van der Waals surface area contributed by atoms with Crippen molar-refractivity contribution in [3.63, 3.8) is 0 Å². The number of aryl methyl sites for hydroxylation is 1. The van der Waals surface area contributed by atoms with Crippen LogP contribution in [0.3, 0.4) is 0 Å². The lowest BCUT2D eigenvalue weighted by Crippen LogP contribution is -2.51. The zero-order chi connectivity index (χ0) is 33.6. The average Bonchev–Trinajstić information content (AvgIpc) is 3.48. The smallest absolute Gasteiger partial charge is 0.319 e. The van der Waals surface area contributed by atoms with Gasteiger partial charge in [-0.3, -0.25) is 9.53 Å². The molecule has 1 saturated carbocycles. The van der Waals surface area contributed by atoms with Gasteiger partial charge in [-0.2, -0.15) is 5.10 Å². The molecule has 2 aromatic heterocycles. The van der Waals surface area contributed by atoms with Crippen LogP contribution in [0, 0.1) is 6.57 Å². The third kappa shape index (κ3) is 6.74. The number of aromatic nitrogens is 4. The van der Waals surface area contributed by atoms with Crippen LogP contribution in [0.2, 0.25) is 25.7 Å². The van der Waals surface area contributed by atoms with E-state index < -0.39 is 35.2 Å². The summed E-state index contributed by atoms with van der Waals surface area (Å²) < 4.78 is 64.5. The highest BCUT2D eigenvalue weighted by Crippen LogP contribution is 2.47. The van der Waals surface area contributed by atoms with Gasteiger partial charge in [0.2, 0.25) is 0 Å². The Morgan fingerprint density at radius 1 is 1.17 bits per heavy atom. The molecule has 1 aliphatic carbocycles. The first-order valence-electron chi connectivity index (χ1n) is 14.9. The van der Waals surface area contributed by atoms with Gasteiger partial charge in [-0.15, -0.1) is 10.2 Å². The fourth-order valence-electron chi connectivity index (χ4n) is 5.35. The average molecular weight is 696 g/mol. The topological polar surface area (TPSA) is 121 Å². The molecule has 0 radical (unpaired) electrons. The lowest BCUT2D eigenvalue weighted by molar-refractivity contribution is 0.0642. The molecule has 0 bridgehead atoms. The Morgan fingerprint density at radius 2 is 1.85 bits per heavy atom. The van der Waals surface area contributed by atoms with Crippen molar-refractivity contribution in [3.8, 4) is 10.7 Å². The maximum absolute atomic E-state index is 14.5. The van der Waals surface area contributed by atoms with Gasteiger partial charge in [0, 0.05) is 67.4 Å². The van der Waals surface area contributed by atoms with Gasteiger partial charge < -0.3 is 19.4 Å². The van der Waals surface area contributed by atoms with E-state index in [1.807, 2.05) is 4.90 Å². The number of fused-ring (bicyclic) bond motifs is 1. The first kappa shape index (κ1) is 34.1. The number of alkyl halides is 2. The fourth-order valence-corrected chi connectivity index (χ4v) is 8.47. The summed E-state index contributed by atoms with van der Waals surface area (Å²) in [6.45, 7) is 16.2. The number of carbonyl (C=O) groups excluding carboxylic acids is 1. The minimum absolute atomic E-state index is 0.0710. The number of amides is 2. The van der Waals surface area contributed by atoms with Crippen LogP contribution in [-0.2, 0) is 21.8 Å². The second-order valence-electron chi connectivity index (χ2n) is 13.0. The summed E-state index contributed by atoms with van der Waals surface area (Å²) in [4.78, 5) is 21.5. The number of sulfonamides is 1. The number of nitrogens with zero attached hydrogens (tertiary/aromatic N) is 9. The molecule has 0 atom stereocenters. The minimum atomic E-state index is -4.29. The first-order chi connectivity index (χ1) is 21.6. The van der Waals surface area contributed by atoms with Gasteiger partial charge in [0.25, 0.3) is 16.4 Å². The molecule has 5 rings (SSSR count). The van der Waals surface area contributed by atoms with Gasteiger partial charge in [0.15, 0.2) is 10.0 Å². The van der Waals surface area contributed by atoms with Crippen molar-refractivity contribution in [1.82, 2.24) is 34.1 Å². The Bertz CT molecular complexity index is 1760. The van der Waals surface area contributed by atoms with Crippen molar-refractivity contribution in [2.24, 2.45) is 7.05 Å². The molecule has 3 heterocycles. The molecule has 2 fully saturated rings. The number of hydrogen-bond donors (Lipinski definition) is 0. The second-order valence-corrected chi connectivity index (χ2v) is 21.5. The Hall–Kier alpha value is -3.24. The van der Waals surface area contributed by atoms with E-state index in [-0.39, 0.29) is 28.4 Å². The maximum Gasteiger partial charge on any atom is 0.319 e. The Balaban J connectivity index is 1.60. The molecule has 18 heteroatoms. The van der Waals surface area contributed by atoms with Crippen LogP contribution in [0.25, 0.3) is 26.4 Å². The highest BCUT2D eigenvalue weighted by molar-refractivity contribution is 7.89. The van der Waals surface area contributed by atoms with Crippen molar-refractivity contribution >= 4 is 52.1 Å². The van der Waals surface area contributed by atoms with Crippen molar-refractivity contribution in [2.45, 2.75) is 55.5 Å².